The molecule has 0 unspecified atom stereocenters. The Bertz CT molecular complexity index is 348. The molecular weight excluding hydrogens is 241 g/mol. The number of hydrogen-bond donors (Lipinski definition) is 2. The van der Waals surface area contributed by atoms with Crippen LogP contribution in [0.25, 0.3) is 0 Å². The van der Waals surface area contributed by atoms with Crippen LogP contribution in [0.5, 0.6) is 0 Å². The molecule has 0 aliphatic carbocycles. The van der Waals surface area contributed by atoms with Crippen molar-refractivity contribution in [2.24, 2.45) is 5.41 Å². The molecule has 2 nitrogen and oxygen atoms in total. The normalized spacial score (nSPS) is 11.8. The van der Waals surface area contributed by atoms with Crippen molar-refractivity contribution < 1.29 is 9.50 Å². The Morgan fingerprint density at radius 3 is 2.65 bits per heavy atom. The predicted molar refractivity (Wildman–Crippen MR) is 68.6 cm³/mol. The maximum atomic E-state index is 13.1. The number of aliphatic hydroxyl groups is 1. The minimum absolute atomic E-state index is 0.0336. The molecule has 0 saturated heterocycles. The summed E-state index contributed by atoms with van der Waals surface area (Å²) in [5.74, 6) is -0.316. The van der Waals surface area contributed by atoms with Crippen molar-refractivity contribution >= 4 is 11.6 Å². The van der Waals surface area contributed by atoms with Gasteiger partial charge in [0.25, 0.3) is 0 Å². The van der Waals surface area contributed by atoms with E-state index in [9.17, 15) is 4.39 Å². The van der Waals surface area contributed by atoms with Gasteiger partial charge < -0.3 is 10.4 Å². The van der Waals surface area contributed by atoms with Crippen molar-refractivity contribution in [2.45, 2.75) is 26.8 Å². The Kier molecular flexibility index (Phi) is 5.37. The summed E-state index contributed by atoms with van der Waals surface area (Å²) in [6.45, 7) is 5.68. The average molecular weight is 260 g/mol. The zero-order valence-corrected chi connectivity index (χ0v) is 11.0. The molecule has 0 radical (unpaired) electrons. The first-order chi connectivity index (χ1) is 7.93. The van der Waals surface area contributed by atoms with Gasteiger partial charge in [0.15, 0.2) is 0 Å². The quantitative estimate of drug-likeness (QED) is 0.823. The summed E-state index contributed by atoms with van der Waals surface area (Å²) < 4.78 is 13.1. The summed E-state index contributed by atoms with van der Waals surface area (Å²) in [7, 11) is 0. The lowest BCUT2D eigenvalue weighted by Crippen LogP contribution is -2.29. The van der Waals surface area contributed by atoms with Crippen LogP contribution in [0.2, 0.25) is 5.02 Å². The minimum Gasteiger partial charge on any atom is -0.396 e. The number of halogens is 2. The molecule has 4 heteroatoms. The van der Waals surface area contributed by atoms with Gasteiger partial charge in [-0.2, -0.15) is 0 Å². The van der Waals surface area contributed by atoms with E-state index in [2.05, 4.69) is 19.2 Å². The number of rotatable bonds is 6. The van der Waals surface area contributed by atoms with Gasteiger partial charge in [-0.1, -0.05) is 25.4 Å². The van der Waals surface area contributed by atoms with Gasteiger partial charge in [-0.25, -0.2) is 4.39 Å². The fourth-order valence-electron chi connectivity index (χ4n) is 1.65. The van der Waals surface area contributed by atoms with E-state index < -0.39 is 0 Å². The van der Waals surface area contributed by atoms with Crippen molar-refractivity contribution in [2.75, 3.05) is 13.2 Å². The third kappa shape index (κ3) is 5.48. The maximum Gasteiger partial charge on any atom is 0.125 e. The molecule has 96 valence electrons. The molecule has 1 aromatic rings. The van der Waals surface area contributed by atoms with E-state index in [4.69, 9.17) is 16.7 Å². The molecule has 1 rings (SSSR count). The first-order valence-corrected chi connectivity index (χ1v) is 6.07. The lowest BCUT2D eigenvalue weighted by Gasteiger charge is -2.24. The van der Waals surface area contributed by atoms with Crippen LogP contribution in [0.4, 0.5) is 4.39 Å². The molecule has 0 aromatic heterocycles. The van der Waals surface area contributed by atoms with Crippen LogP contribution < -0.4 is 5.32 Å². The molecule has 0 bridgehead atoms. The van der Waals surface area contributed by atoms with Crippen LogP contribution in [-0.4, -0.2) is 18.3 Å². The van der Waals surface area contributed by atoms with Crippen LogP contribution in [0.3, 0.4) is 0 Å². The second kappa shape index (κ2) is 6.34. The van der Waals surface area contributed by atoms with Crippen molar-refractivity contribution in [3.63, 3.8) is 0 Å². The standard InChI is InChI=1S/C13H19ClFNO/c1-13(2,3-4-17)9-16-8-10-5-11(14)7-12(15)6-10/h5-7,16-17H,3-4,8-9H2,1-2H3. The maximum absolute atomic E-state index is 13.1. The van der Waals surface area contributed by atoms with Crippen molar-refractivity contribution in [3.8, 4) is 0 Å². The van der Waals surface area contributed by atoms with Gasteiger partial charge in [0, 0.05) is 24.7 Å². The molecule has 1 aromatic carbocycles. The number of benzene rings is 1. The minimum atomic E-state index is -0.316. The first-order valence-electron chi connectivity index (χ1n) is 5.69. The summed E-state index contributed by atoms with van der Waals surface area (Å²) in [4.78, 5) is 0. The monoisotopic (exact) mass is 259 g/mol. The molecule has 0 atom stereocenters. The van der Waals surface area contributed by atoms with Gasteiger partial charge in [-0.05, 0) is 35.6 Å². The van der Waals surface area contributed by atoms with Gasteiger partial charge in [-0.15, -0.1) is 0 Å². The summed E-state index contributed by atoms with van der Waals surface area (Å²) in [5.41, 5.74) is 0.862. The topological polar surface area (TPSA) is 32.3 Å². The fraction of sp³-hybridized carbons (Fsp3) is 0.538. The van der Waals surface area contributed by atoms with E-state index in [0.29, 0.717) is 11.6 Å². The van der Waals surface area contributed by atoms with Gasteiger partial charge >= 0.3 is 0 Å². The largest absolute Gasteiger partial charge is 0.396 e. The van der Waals surface area contributed by atoms with Gasteiger partial charge in [-0.3, -0.25) is 0 Å². The Morgan fingerprint density at radius 1 is 1.35 bits per heavy atom. The van der Waals surface area contributed by atoms with E-state index in [1.54, 1.807) is 6.07 Å². The molecule has 0 saturated carbocycles. The van der Waals surface area contributed by atoms with Gasteiger partial charge in [0.05, 0.1) is 0 Å². The van der Waals surface area contributed by atoms with Crippen molar-refractivity contribution in [3.05, 3.63) is 34.6 Å². The number of aliphatic hydroxyl groups excluding tert-OH is 1. The van der Waals surface area contributed by atoms with Crippen molar-refractivity contribution in [1.82, 2.24) is 5.32 Å². The fourth-order valence-corrected chi connectivity index (χ4v) is 1.89. The molecule has 0 fully saturated rings. The molecule has 17 heavy (non-hydrogen) atoms. The van der Waals surface area contributed by atoms with Crippen LogP contribution in [-0.2, 0) is 6.54 Å². The number of nitrogens with one attached hydrogen (secondary N) is 1. The van der Waals surface area contributed by atoms with E-state index >= 15 is 0 Å². The summed E-state index contributed by atoms with van der Waals surface area (Å²) in [6, 6.07) is 4.51. The molecule has 0 aliphatic rings. The van der Waals surface area contributed by atoms with Crippen LogP contribution in [0.15, 0.2) is 18.2 Å². The molecule has 0 aliphatic heterocycles. The third-order valence-corrected chi connectivity index (χ3v) is 2.86. The molecule has 0 heterocycles. The summed E-state index contributed by atoms with van der Waals surface area (Å²) in [6.07, 6.45) is 0.740. The van der Waals surface area contributed by atoms with Gasteiger partial charge in [0.1, 0.15) is 5.82 Å². The van der Waals surface area contributed by atoms with Gasteiger partial charge in [0.2, 0.25) is 0 Å². The molecular formula is C13H19ClFNO. The van der Waals surface area contributed by atoms with Crippen LogP contribution >= 0.6 is 11.6 Å². The average Bonchev–Trinajstić information content (AvgIpc) is 2.15. The van der Waals surface area contributed by atoms with Crippen LogP contribution in [0.1, 0.15) is 25.8 Å². The lowest BCUT2D eigenvalue weighted by molar-refractivity contribution is 0.207. The molecule has 0 spiro atoms. The van der Waals surface area contributed by atoms with Crippen LogP contribution in [0, 0.1) is 11.2 Å². The summed E-state index contributed by atoms with van der Waals surface area (Å²) >= 11 is 5.77. The predicted octanol–water partition coefficient (Wildman–Crippen LogP) is 2.98. The molecule has 2 N–H and O–H groups in total. The Hall–Kier alpha value is -0.640. The lowest BCUT2D eigenvalue weighted by atomic mass is 9.90. The zero-order valence-electron chi connectivity index (χ0n) is 10.3. The van der Waals surface area contributed by atoms with E-state index in [1.807, 2.05) is 0 Å². The molecule has 0 amide bonds. The smallest absolute Gasteiger partial charge is 0.125 e. The summed E-state index contributed by atoms with van der Waals surface area (Å²) in [5, 5.41) is 12.6. The first kappa shape index (κ1) is 14.4. The second-order valence-electron chi connectivity index (χ2n) is 5.02. The SMILES string of the molecule is CC(C)(CCO)CNCc1cc(F)cc(Cl)c1. The zero-order chi connectivity index (χ0) is 12.9. The third-order valence-electron chi connectivity index (χ3n) is 2.64. The Labute approximate surface area is 107 Å². The van der Waals surface area contributed by atoms with Crippen molar-refractivity contribution in [1.29, 1.82) is 0 Å². The Morgan fingerprint density at radius 2 is 2.06 bits per heavy atom. The highest BCUT2D eigenvalue weighted by Gasteiger charge is 2.16. The van der Waals surface area contributed by atoms with E-state index in [1.165, 1.54) is 12.1 Å². The highest BCUT2D eigenvalue weighted by atomic mass is 35.5. The second-order valence-corrected chi connectivity index (χ2v) is 5.46. The van der Waals surface area contributed by atoms with E-state index in [0.717, 1.165) is 18.5 Å². The van der Waals surface area contributed by atoms with E-state index in [-0.39, 0.29) is 17.8 Å². The number of hydrogen-bond acceptors (Lipinski definition) is 2. The highest BCUT2D eigenvalue weighted by Crippen LogP contribution is 2.19. The highest BCUT2D eigenvalue weighted by molar-refractivity contribution is 6.30. The Balaban J connectivity index is 2.45.